The highest BCUT2D eigenvalue weighted by Crippen LogP contribution is 2.17. The Morgan fingerprint density at radius 1 is 1.33 bits per heavy atom. The fourth-order valence-electron chi connectivity index (χ4n) is 2.30. The van der Waals surface area contributed by atoms with Crippen molar-refractivity contribution in [2.45, 2.75) is 31.8 Å². The van der Waals surface area contributed by atoms with E-state index in [-0.39, 0.29) is 13.2 Å². The number of rotatable bonds is 3. The Bertz CT molecular complexity index is 465. The molecule has 0 spiro atoms. The van der Waals surface area contributed by atoms with Crippen LogP contribution in [0.2, 0.25) is 0 Å². The first kappa shape index (κ1) is 15.6. The SMILES string of the molecule is O=C(OCc1ccccc1)N1CCC[C@H](NC(F)(F)F)C1. The number of ether oxygens (including phenoxy) is 1. The van der Waals surface area contributed by atoms with Crippen LogP contribution in [0.3, 0.4) is 0 Å². The molecule has 21 heavy (non-hydrogen) atoms. The Morgan fingerprint density at radius 2 is 2.05 bits per heavy atom. The Morgan fingerprint density at radius 3 is 2.71 bits per heavy atom. The summed E-state index contributed by atoms with van der Waals surface area (Å²) in [6, 6.07) is 8.36. The van der Waals surface area contributed by atoms with Crippen molar-refractivity contribution in [3.63, 3.8) is 0 Å². The van der Waals surface area contributed by atoms with E-state index in [0.717, 1.165) is 5.56 Å². The summed E-state index contributed by atoms with van der Waals surface area (Å²) >= 11 is 0. The lowest BCUT2D eigenvalue weighted by molar-refractivity contribution is -0.166. The number of nitrogens with one attached hydrogen (secondary N) is 1. The third-order valence-corrected chi connectivity index (χ3v) is 3.25. The number of alkyl halides is 3. The van der Waals surface area contributed by atoms with Gasteiger partial charge in [0, 0.05) is 19.1 Å². The molecule has 1 aromatic rings. The average Bonchev–Trinajstić information content (AvgIpc) is 2.44. The van der Waals surface area contributed by atoms with Crippen LogP contribution in [0.5, 0.6) is 0 Å². The number of nitrogens with zero attached hydrogens (tertiary/aromatic N) is 1. The van der Waals surface area contributed by atoms with Crippen molar-refractivity contribution in [1.82, 2.24) is 10.2 Å². The second-order valence-corrected chi connectivity index (χ2v) is 4.97. The number of benzene rings is 1. The zero-order chi connectivity index (χ0) is 15.3. The quantitative estimate of drug-likeness (QED) is 0.873. The Kier molecular flexibility index (Phi) is 5.06. The maximum Gasteiger partial charge on any atom is 0.457 e. The molecule has 1 fully saturated rings. The molecule has 1 aliphatic rings. The minimum absolute atomic E-state index is 0.00708. The molecule has 0 aromatic heterocycles. The smallest absolute Gasteiger partial charge is 0.445 e. The molecule has 0 bridgehead atoms. The Balaban J connectivity index is 1.82. The van der Waals surface area contributed by atoms with Crippen LogP contribution in [0, 0.1) is 0 Å². The molecule has 2 rings (SSSR count). The van der Waals surface area contributed by atoms with E-state index in [2.05, 4.69) is 0 Å². The molecule has 7 heteroatoms. The van der Waals surface area contributed by atoms with Crippen molar-refractivity contribution in [3.8, 4) is 0 Å². The van der Waals surface area contributed by atoms with Crippen LogP contribution in [-0.2, 0) is 11.3 Å². The monoisotopic (exact) mass is 302 g/mol. The number of halogens is 3. The van der Waals surface area contributed by atoms with E-state index in [9.17, 15) is 18.0 Å². The van der Waals surface area contributed by atoms with Gasteiger partial charge in [-0.1, -0.05) is 30.3 Å². The largest absolute Gasteiger partial charge is 0.457 e. The fourth-order valence-corrected chi connectivity index (χ4v) is 2.30. The van der Waals surface area contributed by atoms with E-state index in [0.29, 0.717) is 19.4 Å². The summed E-state index contributed by atoms with van der Waals surface area (Å²) in [7, 11) is 0. The molecule has 1 aliphatic heterocycles. The van der Waals surface area contributed by atoms with E-state index in [1.54, 1.807) is 5.32 Å². The van der Waals surface area contributed by atoms with Gasteiger partial charge < -0.3 is 9.64 Å². The fraction of sp³-hybridized carbons (Fsp3) is 0.500. The highest BCUT2D eigenvalue weighted by molar-refractivity contribution is 5.67. The van der Waals surface area contributed by atoms with Gasteiger partial charge >= 0.3 is 12.4 Å². The van der Waals surface area contributed by atoms with E-state index >= 15 is 0 Å². The van der Waals surface area contributed by atoms with Crippen LogP contribution in [0.15, 0.2) is 30.3 Å². The predicted octanol–water partition coefficient (Wildman–Crippen LogP) is 2.90. The van der Waals surface area contributed by atoms with Gasteiger partial charge in [-0.15, -0.1) is 0 Å². The average molecular weight is 302 g/mol. The van der Waals surface area contributed by atoms with Crippen LogP contribution < -0.4 is 5.32 Å². The maximum atomic E-state index is 12.3. The second kappa shape index (κ2) is 6.80. The van der Waals surface area contributed by atoms with E-state index in [1.165, 1.54) is 4.90 Å². The molecule has 1 heterocycles. The molecule has 1 N–H and O–H groups in total. The molecule has 1 amide bonds. The third kappa shape index (κ3) is 5.26. The lowest BCUT2D eigenvalue weighted by Crippen LogP contribution is -2.52. The molecule has 0 aliphatic carbocycles. The van der Waals surface area contributed by atoms with E-state index < -0.39 is 18.4 Å². The van der Waals surface area contributed by atoms with Crippen LogP contribution >= 0.6 is 0 Å². The highest BCUT2D eigenvalue weighted by atomic mass is 19.4. The number of piperidine rings is 1. The Labute approximate surface area is 120 Å². The van der Waals surface area contributed by atoms with Gasteiger partial charge in [-0.2, -0.15) is 13.2 Å². The third-order valence-electron chi connectivity index (χ3n) is 3.25. The summed E-state index contributed by atoms with van der Waals surface area (Å²) in [5.41, 5.74) is 0.841. The Hall–Kier alpha value is -1.76. The second-order valence-electron chi connectivity index (χ2n) is 4.97. The standard InChI is InChI=1S/C14H17F3N2O2/c15-14(16,17)18-12-7-4-8-19(9-12)13(20)21-10-11-5-2-1-3-6-11/h1-3,5-6,12,18H,4,7-10H2/t12-/m0/s1. The number of carbonyl (C=O) groups excluding carboxylic acids is 1. The van der Waals surface area contributed by atoms with Gasteiger partial charge in [-0.3, -0.25) is 0 Å². The van der Waals surface area contributed by atoms with Gasteiger partial charge in [0.2, 0.25) is 0 Å². The van der Waals surface area contributed by atoms with Crippen LogP contribution in [0.1, 0.15) is 18.4 Å². The zero-order valence-electron chi connectivity index (χ0n) is 11.4. The van der Waals surface area contributed by atoms with Gasteiger partial charge in [0.05, 0.1) is 0 Å². The summed E-state index contributed by atoms with van der Waals surface area (Å²) in [4.78, 5) is 13.2. The summed E-state index contributed by atoms with van der Waals surface area (Å²) in [6.45, 7) is 0.546. The molecule has 0 radical (unpaired) electrons. The first-order chi connectivity index (χ1) is 9.94. The lowest BCUT2D eigenvalue weighted by atomic mass is 10.1. The van der Waals surface area contributed by atoms with E-state index in [1.807, 2.05) is 30.3 Å². The van der Waals surface area contributed by atoms with Crippen molar-refractivity contribution in [3.05, 3.63) is 35.9 Å². The number of likely N-dealkylation sites (tertiary alicyclic amines) is 1. The summed E-state index contributed by atoms with van der Waals surface area (Å²) in [5.74, 6) is 0. The highest BCUT2D eigenvalue weighted by Gasteiger charge is 2.34. The molecule has 1 aromatic carbocycles. The van der Waals surface area contributed by atoms with Crippen molar-refractivity contribution >= 4 is 6.09 Å². The first-order valence-corrected chi connectivity index (χ1v) is 6.74. The minimum atomic E-state index is -4.43. The van der Waals surface area contributed by atoms with Gasteiger partial charge in [0.15, 0.2) is 0 Å². The summed E-state index contributed by atoms with van der Waals surface area (Å²) in [5, 5.41) is 1.57. The zero-order valence-corrected chi connectivity index (χ0v) is 11.4. The van der Waals surface area contributed by atoms with Gasteiger partial charge in [0.1, 0.15) is 6.61 Å². The van der Waals surface area contributed by atoms with Crippen LogP contribution in [-0.4, -0.2) is 36.4 Å². The molecule has 116 valence electrons. The normalized spacial score (nSPS) is 19.4. The van der Waals surface area contributed by atoms with Crippen LogP contribution in [0.4, 0.5) is 18.0 Å². The van der Waals surface area contributed by atoms with E-state index in [4.69, 9.17) is 4.74 Å². The number of hydrogen-bond donors (Lipinski definition) is 1. The van der Waals surface area contributed by atoms with Crippen molar-refractivity contribution in [2.24, 2.45) is 0 Å². The lowest BCUT2D eigenvalue weighted by Gasteiger charge is -2.32. The minimum Gasteiger partial charge on any atom is -0.445 e. The molecule has 0 saturated carbocycles. The molecule has 4 nitrogen and oxygen atoms in total. The molecule has 1 saturated heterocycles. The van der Waals surface area contributed by atoms with Crippen molar-refractivity contribution in [2.75, 3.05) is 13.1 Å². The maximum absolute atomic E-state index is 12.3. The van der Waals surface area contributed by atoms with Gasteiger partial charge in [-0.05, 0) is 18.4 Å². The molecular weight excluding hydrogens is 285 g/mol. The predicted molar refractivity (Wildman–Crippen MR) is 70.4 cm³/mol. The summed E-state index contributed by atoms with van der Waals surface area (Å²) in [6.07, 6.45) is -4.09. The van der Waals surface area contributed by atoms with Gasteiger partial charge in [0.25, 0.3) is 0 Å². The van der Waals surface area contributed by atoms with Crippen LogP contribution in [0.25, 0.3) is 0 Å². The van der Waals surface area contributed by atoms with Crippen molar-refractivity contribution in [1.29, 1.82) is 0 Å². The molecular formula is C14H17F3N2O2. The first-order valence-electron chi connectivity index (χ1n) is 6.74. The molecule has 1 atom stereocenters. The molecule has 0 unspecified atom stereocenters. The number of hydrogen-bond acceptors (Lipinski definition) is 3. The number of carbonyl (C=O) groups is 1. The number of amides is 1. The topological polar surface area (TPSA) is 41.6 Å². The van der Waals surface area contributed by atoms with Crippen molar-refractivity contribution < 1.29 is 22.7 Å². The summed E-state index contributed by atoms with van der Waals surface area (Å²) < 4.78 is 42.0. The van der Waals surface area contributed by atoms with Gasteiger partial charge in [-0.25, -0.2) is 10.1 Å².